The first-order valence-corrected chi connectivity index (χ1v) is 8.22. The van der Waals surface area contributed by atoms with Gasteiger partial charge in [-0.3, -0.25) is 4.99 Å². The SMILES string of the molecule is CN=C(NCCCCC(C)(C)C)NCc1cc(C(C)C)no1. The number of nitrogens with one attached hydrogen (secondary N) is 2. The molecule has 22 heavy (non-hydrogen) atoms. The van der Waals surface area contributed by atoms with Crippen molar-refractivity contribution >= 4 is 5.96 Å². The van der Waals surface area contributed by atoms with E-state index in [1.807, 2.05) is 6.07 Å². The van der Waals surface area contributed by atoms with Gasteiger partial charge in [0.25, 0.3) is 0 Å². The van der Waals surface area contributed by atoms with Gasteiger partial charge < -0.3 is 15.2 Å². The van der Waals surface area contributed by atoms with Crippen molar-refractivity contribution in [3.63, 3.8) is 0 Å². The largest absolute Gasteiger partial charge is 0.359 e. The molecular formula is C17H32N4O. The topological polar surface area (TPSA) is 62.5 Å². The Labute approximate surface area is 135 Å². The smallest absolute Gasteiger partial charge is 0.191 e. The van der Waals surface area contributed by atoms with Crippen LogP contribution < -0.4 is 10.6 Å². The Bertz CT molecular complexity index is 457. The lowest BCUT2D eigenvalue weighted by atomic mass is 9.90. The highest BCUT2D eigenvalue weighted by molar-refractivity contribution is 5.79. The van der Waals surface area contributed by atoms with Crippen LogP contribution >= 0.6 is 0 Å². The summed E-state index contributed by atoms with van der Waals surface area (Å²) >= 11 is 0. The number of aliphatic imine (C=N–C) groups is 1. The first-order chi connectivity index (χ1) is 10.3. The molecule has 0 aliphatic rings. The normalized spacial score (nSPS) is 12.8. The van der Waals surface area contributed by atoms with Gasteiger partial charge in [0.1, 0.15) is 0 Å². The van der Waals surface area contributed by atoms with Crippen LogP contribution in [0.4, 0.5) is 0 Å². The van der Waals surface area contributed by atoms with Gasteiger partial charge in [0, 0.05) is 19.7 Å². The third-order valence-electron chi connectivity index (χ3n) is 3.47. The molecule has 1 rings (SSSR count). The van der Waals surface area contributed by atoms with Crippen molar-refractivity contribution < 1.29 is 4.52 Å². The number of hydrogen-bond acceptors (Lipinski definition) is 3. The van der Waals surface area contributed by atoms with Gasteiger partial charge in [-0.1, -0.05) is 46.2 Å². The second kappa shape index (κ2) is 8.81. The Morgan fingerprint density at radius 2 is 2.00 bits per heavy atom. The average Bonchev–Trinajstić information content (AvgIpc) is 2.89. The lowest BCUT2D eigenvalue weighted by Gasteiger charge is -2.17. The summed E-state index contributed by atoms with van der Waals surface area (Å²) in [6.07, 6.45) is 3.63. The van der Waals surface area contributed by atoms with E-state index in [9.17, 15) is 0 Å². The average molecular weight is 308 g/mol. The third-order valence-corrected chi connectivity index (χ3v) is 3.47. The predicted octanol–water partition coefficient (Wildman–Crippen LogP) is 3.68. The van der Waals surface area contributed by atoms with Gasteiger partial charge in [-0.15, -0.1) is 0 Å². The second-order valence-electron chi connectivity index (χ2n) is 7.24. The van der Waals surface area contributed by atoms with Crippen LogP contribution in [0.25, 0.3) is 0 Å². The first kappa shape index (κ1) is 18.5. The van der Waals surface area contributed by atoms with Gasteiger partial charge in [0.05, 0.1) is 12.2 Å². The summed E-state index contributed by atoms with van der Waals surface area (Å²) < 4.78 is 5.31. The Morgan fingerprint density at radius 1 is 1.27 bits per heavy atom. The Morgan fingerprint density at radius 3 is 2.55 bits per heavy atom. The monoisotopic (exact) mass is 308 g/mol. The zero-order chi connectivity index (χ0) is 16.6. The van der Waals surface area contributed by atoms with E-state index in [1.165, 1.54) is 12.8 Å². The van der Waals surface area contributed by atoms with Gasteiger partial charge in [-0.25, -0.2) is 0 Å². The molecule has 0 amide bonds. The van der Waals surface area contributed by atoms with Crippen molar-refractivity contribution in [2.75, 3.05) is 13.6 Å². The van der Waals surface area contributed by atoms with Crippen LogP contribution in [0.5, 0.6) is 0 Å². The van der Waals surface area contributed by atoms with Crippen LogP contribution in [-0.4, -0.2) is 24.7 Å². The molecule has 0 spiro atoms. The number of aromatic nitrogens is 1. The number of guanidine groups is 1. The molecule has 0 atom stereocenters. The van der Waals surface area contributed by atoms with Crippen molar-refractivity contribution in [2.24, 2.45) is 10.4 Å². The van der Waals surface area contributed by atoms with E-state index in [-0.39, 0.29) is 0 Å². The van der Waals surface area contributed by atoms with Gasteiger partial charge >= 0.3 is 0 Å². The highest BCUT2D eigenvalue weighted by Crippen LogP contribution is 2.21. The van der Waals surface area contributed by atoms with Crippen LogP contribution in [-0.2, 0) is 6.54 Å². The molecule has 5 heteroatoms. The fourth-order valence-electron chi connectivity index (χ4n) is 2.06. The summed E-state index contributed by atoms with van der Waals surface area (Å²) in [6.45, 7) is 12.6. The molecule has 126 valence electrons. The number of nitrogens with zero attached hydrogens (tertiary/aromatic N) is 2. The lowest BCUT2D eigenvalue weighted by molar-refractivity contribution is 0.360. The molecule has 0 aliphatic heterocycles. The summed E-state index contributed by atoms with van der Waals surface area (Å²) in [4.78, 5) is 4.22. The maximum Gasteiger partial charge on any atom is 0.191 e. The van der Waals surface area contributed by atoms with E-state index in [4.69, 9.17) is 4.52 Å². The van der Waals surface area contributed by atoms with Crippen LogP contribution in [0.2, 0.25) is 0 Å². The summed E-state index contributed by atoms with van der Waals surface area (Å²) in [7, 11) is 1.78. The molecule has 0 aromatic carbocycles. The Kier molecular flexibility index (Phi) is 7.42. The number of hydrogen-bond donors (Lipinski definition) is 2. The van der Waals surface area contributed by atoms with Crippen molar-refractivity contribution in [3.05, 3.63) is 17.5 Å². The van der Waals surface area contributed by atoms with Crippen LogP contribution in [0.15, 0.2) is 15.6 Å². The molecule has 0 radical (unpaired) electrons. The molecule has 5 nitrogen and oxygen atoms in total. The maximum atomic E-state index is 5.31. The summed E-state index contributed by atoms with van der Waals surface area (Å²) in [5.74, 6) is 2.02. The van der Waals surface area contributed by atoms with E-state index in [2.05, 4.69) is 55.4 Å². The van der Waals surface area contributed by atoms with Gasteiger partial charge in [0.2, 0.25) is 0 Å². The van der Waals surface area contributed by atoms with Crippen molar-refractivity contribution in [2.45, 2.75) is 66.3 Å². The van der Waals surface area contributed by atoms with Gasteiger partial charge in [-0.2, -0.15) is 0 Å². The zero-order valence-electron chi connectivity index (χ0n) is 15.0. The minimum atomic E-state index is 0.387. The molecule has 1 aromatic rings. The summed E-state index contributed by atoms with van der Waals surface area (Å²) in [5, 5.41) is 10.6. The van der Waals surface area contributed by atoms with Crippen molar-refractivity contribution in [1.82, 2.24) is 15.8 Å². The summed E-state index contributed by atoms with van der Waals surface area (Å²) in [6, 6.07) is 1.99. The quantitative estimate of drug-likeness (QED) is 0.458. The molecule has 0 aliphatic carbocycles. The van der Waals surface area contributed by atoms with Crippen LogP contribution in [0, 0.1) is 5.41 Å². The highest BCUT2D eigenvalue weighted by Gasteiger charge is 2.09. The molecule has 1 aromatic heterocycles. The van der Waals surface area contributed by atoms with E-state index in [0.29, 0.717) is 17.9 Å². The fourth-order valence-corrected chi connectivity index (χ4v) is 2.06. The zero-order valence-corrected chi connectivity index (χ0v) is 15.0. The van der Waals surface area contributed by atoms with Crippen molar-refractivity contribution in [3.8, 4) is 0 Å². The predicted molar refractivity (Wildman–Crippen MR) is 92.1 cm³/mol. The molecule has 0 bridgehead atoms. The Hall–Kier alpha value is -1.52. The first-order valence-electron chi connectivity index (χ1n) is 8.22. The highest BCUT2D eigenvalue weighted by atomic mass is 16.5. The second-order valence-corrected chi connectivity index (χ2v) is 7.24. The van der Waals surface area contributed by atoms with E-state index >= 15 is 0 Å². The molecule has 0 unspecified atom stereocenters. The number of unbranched alkanes of at least 4 members (excludes halogenated alkanes) is 1. The molecule has 0 fully saturated rings. The summed E-state index contributed by atoms with van der Waals surface area (Å²) in [5.41, 5.74) is 1.40. The lowest BCUT2D eigenvalue weighted by Crippen LogP contribution is -2.37. The number of rotatable bonds is 7. The molecule has 0 saturated carbocycles. The van der Waals surface area contributed by atoms with E-state index in [0.717, 1.165) is 30.4 Å². The molecular weight excluding hydrogens is 276 g/mol. The minimum absolute atomic E-state index is 0.387. The fraction of sp³-hybridized carbons (Fsp3) is 0.765. The van der Waals surface area contributed by atoms with Gasteiger partial charge in [0.15, 0.2) is 11.7 Å². The Balaban J connectivity index is 2.25. The maximum absolute atomic E-state index is 5.31. The third kappa shape index (κ3) is 7.48. The van der Waals surface area contributed by atoms with E-state index in [1.54, 1.807) is 7.05 Å². The standard InChI is InChI=1S/C17H32N4O/c1-13(2)15-11-14(22-21-15)12-20-16(18-6)19-10-8-7-9-17(3,4)5/h11,13H,7-10,12H2,1-6H3,(H2,18,19,20). The molecule has 0 saturated heterocycles. The minimum Gasteiger partial charge on any atom is -0.359 e. The van der Waals surface area contributed by atoms with Crippen LogP contribution in [0.3, 0.4) is 0 Å². The molecule has 2 N–H and O–H groups in total. The molecule has 1 heterocycles. The van der Waals surface area contributed by atoms with Crippen molar-refractivity contribution in [1.29, 1.82) is 0 Å². The van der Waals surface area contributed by atoms with Gasteiger partial charge in [-0.05, 0) is 24.2 Å². The van der Waals surface area contributed by atoms with E-state index < -0.39 is 0 Å². The van der Waals surface area contributed by atoms with Crippen LogP contribution in [0.1, 0.15) is 71.3 Å².